The number of halogens is 1. The fourth-order valence-corrected chi connectivity index (χ4v) is 2.59. The minimum atomic E-state index is -0.338. The van der Waals surface area contributed by atoms with Gasteiger partial charge in [0.1, 0.15) is 12.9 Å². The van der Waals surface area contributed by atoms with Crippen molar-refractivity contribution in [1.29, 1.82) is 0 Å². The largest absolute Gasteiger partial charge is 0.488 e. The maximum absolute atomic E-state index is 13.0. The van der Waals surface area contributed by atoms with E-state index in [4.69, 9.17) is 14.3 Å². The minimum Gasteiger partial charge on any atom is -0.488 e. The van der Waals surface area contributed by atoms with Gasteiger partial charge in [0.15, 0.2) is 11.3 Å². The molecule has 1 aromatic heterocycles. The highest BCUT2D eigenvalue weighted by molar-refractivity contribution is 5.97. The van der Waals surface area contributed by atoms with Gasteiger partial charge >= 0.3 is 0 Å². The lowest BCUT2D eigenvalue weighted by molar-refractivity contribution is -0.889. The van der Waals surface area contributed by atoms with E-state index in [-0.39, 0.29) is 18.3 Å². The van der Waals surface area contributed by atoms with E-state index in [1.54, 1.807) is 18.3 Å². The van der Waals surface area contributed by atoms with Crippen LogP contribution in [-0.2, 0) is 6.54 Å². The lowest BCUT2D eigenvalue weighted by Crippen LogP contribution is -2.45. The van der Waals surface area contributed by atoms with Gasteiger partial charge in [-0.25, -0.2) is 4.39 Å². The Bertz CT molecular complexity index is 779. The molecule has 0 spiro atoms. The SMILES string of the molecule is CCCCOc1c(C(=O)NCc2ccc(F)cc2)c[n+](OC)c(C)c1OC. The van der Waals surface area contributed by atoms with Crippen molar-refractivity contribution in [2.45, 2.75) is 33.2 Å². The van der Waals surface area contributed by atoms with Crippen LogP contribution in [0.5, 0.6) is 11.5 Å². The topological polar surface area (TPSA) is 60.7 Å². The van der Waals surface area contributed by atoms with E-state index < -0.39 is 0 Å². The average molecular weight is 377 g/mol. The van der Waals surface area contributed by atoms with E-state index in [9.17, 15) is 9.18 Å². The van der Waals surface area contributed by atoms with Crippen LogP contribution in [0.15, 0.2) is 30.5 Å². The number of carbonyl (C=O) groups is 1. The number of hydrogen-bond acceptors (Lipinski definition) is 4. The number of nitrogens with one attached hydrogen (secondary N) is 1. The summed E-state index contributed by atoms with van der Waals surface area (Å²) in [6.45, 7) is 4.61. The van der Waals surface area contributed by atoms with E-state index in [0.29, 0.717) is 29.4 Å². The number of hydrogen-bond donors (Lipinski definition) is 1. The molecule has 0 aliphatic heterocycles. The lowest BCUT2D eigenvalue weighted by Gasteiger charge is -2.15. The zero-order chi connectivity index (χ0) is 19.8. The van der Waals surface area contributed by atoms with E-state index >= 15 is 0 Å². The van der Waals surface area contributed by atoms with Crippen LogP contribution >= 0.6 is 0 Å². The van der Waals surface area contributed by atoms with Crippen LogP contribution in [0.25, 0.3) is 0 Å². The van der Waals surface area contributed by atoms with Crippen molar-refractivity contribution in [1.82, 2.24) is 5.32 Å². The fraction of sp³-hybridized carbons (Fsp3) is 0.400. The first-order valence-electron chi connectivity index (χ1n) is 8.85. The third kappa shape index (κ3) is 5.09. The molecule has 0 fully saturated rings. The predicted molar refractivity (Wildman–Crippen MR) is 98.4 cm³/mol. The second kappa shape index (κ2) is 9.75. The summed E-state index contributed by atoms with van der Waals surface area (Å²) in [5.74, 6) is 0.173. The van der Waals surface area contributed by atoms with Gasteiger partial charge in [-0.15, -0.1) is 0 Å². The molecule has 0 radical (unpaired) electrons. The number of ether oxygens (including phenoxy) is 2. The van der Waals surface area contributed by atoms with Crippen molar-refractivity contribution in [3.05, 3.63) is 53.1 Å². The summed E-state index contributed by atoms with van der Waals surface area (Å²) in [7, 11) is 3.03. The summed E-state index contributed by atoms with van der Waals surface area (Å²) < 4.78 is 25.8. The lowest BCUT2D eigenvalue weighted by atomic mass is 10.1. The Morgan fingerprint density at radius 3 is 2.48 bits per heavy atom. The molecule has 0 unspecified atom stereocenters. The number of nitrogens with zero attached hydrogens (tertiary/aromatic N) is 1. The number of unbranched alkanes of at least 4 members (excludes halogenated alkanes) is 1. The highest BCUT2D eigenvalue weighted by Crippen LogP contribution is 2.32. The van der Waals surface area contributed by atoms with Gasteiger partial charge in [0, 0.05) is 18.2 Å². The second-order valence-corrected chi connectivity index (χ2v) is 6.01. The first kappa shape index (κ1) is 20.5. The highest BCUT2D eigenvalue weighted by atomic mass is 19.1. The molecule has 1 amide bonds. The number of methoxy groups -OCH3 is 1. The molecule has 2 aromatic rings. The Morgan fingerprint density at radius 2 is 1.89 bits per heavy atom. The summed E-state index contributed by atoms with van der Waals surface area (Å²) >= 11 is 0. The number of carbonyl (C=O) groups excluding carboxylic acids is 1. The van der Waals surface area contributed by atoms with Gasteiger partial charge in [-0.2, -0.15) is 0 Å². The monoisotopic (exact) mass is 377 g/mol. The van der Waals surface area contributed by atoms with Gasteiger partial charge in [0.05, 0.1) is 13.7 Å². The molecule has 0 aliphatic rings. The van der Waals surface area contributed by atoms with Crippen molar-refractivity contribution in [3.63, 3.8) is 0 Å². The summed E-state index contributed by atoms with van der Waals surface area (Å²) in [6.07, 6.45) is 3.40. The molecule has 1 heterocycles. The number of amides is 1. The van der Waals surface area contributed by atoms with Crippen LogP contribution in [-0.4, -0.2) is 26.7 Å². The molecule has 1 N–H and O–H groups in total. The Morgan fingerprint density at radius 1 is 1.19 bits per heavy atom. The second-order valence-electron chi connectivity index (χ2n) is 6.01. The number of aromatic nitrogens is 1. The van der Waals surface area contributed by atoms with E-state index in [2.05, 4.69) is 12.2 Å². The minimum absolute atomic E-state index is 0.261. The van der Waals surface area contributed by atoms with Gasteiger partial charge in [-0.1, -0.05) is 25.5 Å². The van der Waals surface area contributed by atoms with Crippen molar-refractivity contribution in [3.8, 4) is 11.5 Å². The van der Waals surface area contributed by atoms with Crippen LogP contribution in [0.3, 0.4) is 0 Å². The van der Waals surface area contributed by atoms with Crippen molar-refractivity contribution in [2.75, 3.05) is 20.8 Å². The predicted octanol–water partition coefficient (Wildman–Crippen LogP) is 2.60. The van der Waals surface area contributed by atoms with E-state index in [0.717, 1.165) is 18.4 Å². The third-order valence-electron chi connectivity index (χ3n) is 4.11. The van der Waals surface area contributed by atoms with Gasteiger partial charge < -0.3 is 14.8 Å². The van der Waals surface area contributed by atoms with Gasteiger partial charge in [-0.3, -0.25) is 9.63 Å². The summed E-state index contributed by atoms with van der Waals surface area (Å²) in [4.78, 5) is 18.1. The average Bonchev–Trinajstić information content (AvgIpc) is 2.67. The number of benzene rings is 1. The molecule has 0 saturated heterocycles. The van der Waals surface area contributed by atoms with Crippen LogP contribution in [0.4, 0.5) is 4.39 Å². The molecule has 146 valence electrons. The molecule has 7 heteroatoms. The Balaban J connectivity index is 2.30. The number of rotatable bonds is 9. The Labute approximate surface area is 158 Å². The molecular weight excluding hydrogens is 351 g/mol. The maximum Gasteiger partial charge on any atom is 0.276 e. The highest BCUT2D eigenvalue weighted by Gasteiger charge is 2.29. The number of pyridine rings is 1. The van der Waals surface area contributed by atoms with Crippen molar-refractivity contribution >= 4 is 5.91 Å². The molecule has 6 nitrogen and oxygen atoms in total. The molecule has 27 heavy (non-hydrogen) atoms. The molecule has 0 saturated carbocycles. The first-order valence-corrected chi connectivity index (χ1v) is 8.85. The van der Waals surface area contributed by atoms with Gasteiger partial charge in [0.2, 0.25) is 11.9 Å². The third-order valence-corrected chi connectivity index (χ3v) is 4.11. The summed E-state index contributed by atoms with van der Waals surface area (Å²) in [5, 5.41) is 2.82. The zero-order valence-electron chi connectivity index (χ0n) is 16.2. The first-order chi connectivity index (χ1) is 13.0. The van der Waals surface area contributed by atoms with Gasteiger partial charge in [-0.05, 0) is 24.1 Å². The molecular formula is C20H26FN2O4+. The molecule has 1 aromatic carbocycles. The molecule has 0 atom stereocenters. The van der Waals surface area contributed by atoms with Crippen LogP contribution in [0, 0.1) is 12.7 Å². The van der Waals surface area contributed by atoms with Crippen molar-refractivity contribution < 1.29 is 28.2 Å². The summed E-state index contributed by atoms with van der Waals surface area (Å²) in [5.41, 5.74) is 1.77. The van der Waals surface area contributed by atoms with E-state index in [1.165, 1.54) is 31.1 Å². The Hall–Kier alpha value is -2.83. The van der Waals surface area contributed by atoms with Crippen molar-refractivity contribution in [2.24, 2.45) is 0 Å². The normalized spacial score (nSPS) is 10.4. The zero-order valence-corrected chi connectivity index (χ0v) is 16.2. The maximum atomic E-state index is 13.0. The molecule has 2 rings (SSSR count). The summed E-state index contributed by atoms with van der Waals surface area (Å²) in [6, 6.07) is 5.96. The van der Waals surface area contributed by atoms with Crippen LogP contribution in [0.2, 0.25) is 0 Å². The molecule has 0 bridgehead atoms. The standard InChI is InChI=1S/C20H25FN2O4/c1-5-6-11-27-19-17(13-23(26-4)14(2)18(19)25-3)20(24)22-12-15-7-9-16(21)10-8-15/h7-10,13H,5-6,11-12H2,1-4H3/p+1. The van der Waals surface area contributed by atoms with Crippen LogP contribution in [0.1, 0.15) is 41.4 Å². The quantitative estimate of drug-likeness (QED) is 0.539. The fourth-order valence-electron chi connectivity index (χ4n) is 2.59. The van der Waals surface area contributed by atoms with Gasteiger partial charge in [0.25, 0.3) is 11.6 Å². The van der Waals surface area contributed by atoms with Crippen LogP contribution < -0.4 is 24.4 Å². The van der Waals surface area contributed by atoms with E-state index in [1.807, 2.05) is 6.92 Å². The smallest absolute Gasteiger partial charge is 0.276 e. The Kier molecular flexibility index (Phi) is 7.40. The molecule has 0 aliphatic carbocycles.